The fraction of sp³-hybridized carbons (Fsp3) is 1.00. The van der Waals surface area contributed by atoms with Crippen LogP contribution in [0.25, 0.3) is 0 Å². The van der Waals surface area contributed by atoms with Gasteiger partial charge in [0.25, 0.3) is 0 Å². The van der Waals surface area contributed by atoms with Gasteiger partial charge in [0.1, 0.15) is 0 Å². The lowest BCUT2D eigenvalue weighted by molar-refractivity contribution is 0.320. The van der Waals surface area contributed by atoms with Crippen molar-refractivity contribution in [1.82, 2.24) is 10.6 Å². The highest BCUT2D eigenvalue weighted by Crippen LogP contribution is 2.17. The van der Waals surface area contributed by atoms with Crippen molar-refractivity contribution in [2.45, 2.75) is 58.5 Å². The molecule has 0 radical (unpaired) electrons. The second-order valence-electron chi connectivity index (χ2n) is 4.40. The van der Waals surface area contributed by atoms with Gasteiger partial charge in [0.15, 0.2) is 0 Å². The van der Waals surface area contributed by atoms with Gasteiger partial charge in [0.05, 0.1) is 6.17 Å². The zero-order valence-electron chi connectivity index (χ0n) is 9.81. The first kappa shape index (κ1) is 12.0. The summed E-state index contributed by atoms with van der Waals surface area (Å²) in [5.41, 5.74) is 0. The SMILES string of the molecule is CCCCCCC(CC)C1NCCN1. The van der Waals surface area contributed by atoms with Crippen molar-refractivity contribution in [1.29, 1.82) is 0 Å². The van der Waals surface area contributed by atoms with Crippen molar-refractivity contribution < 1.29 is 0 Å². The third-order valence-corrected chi connectivity index (χ3v) is 3.28. The quantitative estimate of drug-likeness (QED) is 0.614. The van der Waals surface area contributed by atoms with E-state index in [1.165, 1.54) is 38.5 Å². The first-order chi connectivity index (χ1) is 6.88. The molecular formula is C12H26N2. The summed E-state index contributed by atoms with van der Waals surface area (Å²) in [4.78, 5) is 0. The van der Waals surface area contributed by atoms with Crippen molar-refractivity contribution in [3.63, 3.8) is 0 Å². The van der Waals surface area contributed by atoms with E-state index < -0.39 is 0 Å². The maximum atomic E-state index is 3.54. The molecule has 2 N–H and O–H groups in total. The first-order valence-corrected chi connectivity index (χ1v) is 6.35. The molecule has 0 amide bonds. The van der Waals surface area contributed by atoms with Crippen molar-refractivity contribution in [3.8, 4) is 0 Å². The number of unbranched alkanes of at least 4 members (excludes halogenated alkanes) is 3. The van der Waals surface area contributed by atoms with Crippen LogP contribution in [0.1, 0.15) is 52.4 Å². The Morgan fingerprint density at radius 3 is 2.36 bits per heavy atom. The van der Waals surface area contributed by atoms with Crippen molar-refractivity contribution in [2.24, 2.45) is 5.92 Å². The van der Waals surface area contributed by atoms with Crippen LogP contribution < -0.4 is 10.6 Å². The number of rotatable bonds is 7. The summed E-state index contributed by atoms with van der Waals surface area (Å²) >= 11 is 0. The fourth-order valence-corrected chi connectivity index (χ4v) is 2.30. The molecule has 1 atom stereocenters. The second kappa shape index (κ2) is 7.24. The van der Waals surface area contributed by atoms with E-state index in [-0.39, 0.29) is 0 Å². The van der Waals surface area contributed by atoms with Gasteiger partial charge in [-0.1, -0.05) is 46.0 Å². The minimum Gasteiger partial charge on any atom is -0.300 e. The number of hydrogen-bond acceptors (Lipinski definition) is 2. The Bertz CT molecular complexity index is 130. The summed E-state index contributed by atoms with van der Waals surface area (Å²) in [6.45, 7) is 6.88. The number of nitrogens with one attached hydrogen (secondary N) is 2. The summed E-state index contributed by atoms with van der Waals surface area (Å²) < 4.78 is 0. The lowest BCUT2D eigenvalue weighted by atomic mass is 9.95. The molecule has 1 unspecified atom stereocenters. The minimum atomic E-state index is 0.599. The molecule has 2 nitrogen and oxygen atoms in total. The van der Waals surface area contributed by atoms with Crippen LogP contribution in [0.4, 0.5) is 0 Å². The summed E-state index contributed by atoms with van der Waals surface area (Å²) in [5.74, 6) is 0.842. The lowest BCUT2D eigenvalue weighted by Gasteiger charge is -2.22. The average molecular weight is 198 g/mol. The summed E-state index contributed by atoms with van der Waals surface area (Å²) in [6.07, 6.45) is 8.87. The minimum absolute atomic E-state index is 0.599. The molecule has 1 aliphatic rings. The summed E-state index contributed by atoms with van der Waals surface area (Å²) in [7, 11) is 0. The third kappa shape index (κ3) is 3.97. The van der Waals surface area contributed by atoms with Gasteiger partial charge in [-0.25, -0.2) is 0 Å². The molecule has 0 aromatic rings. The van der Waals surface area contributed by atoms with Crippen molar-refractivity contribution in [2.75, 3.05) is 13.1 Å². The molecule has 1 aliphatic heterocycles. The van der Waals surface area contributed by atoms with Crippen LogP contribution in [0, 0.1) is 5.92 Å². The van der Waals surface area contributed by atoms with E-state index in [1.54, 1.807) is 0 Å². The third-order valence-electron chi connectivity index (χ3n) is 3.28. The molecule has 1 rings (SSSR count). The normalized spacial score (nSPS) is 20.1. The standard InChI is InChI=1S/C12H26N2/c1-3-5-6-7-8-11(4-2)12-13-9-10-14-12/h11-14H,3-10H2,1-2H3. The van der Waals surface area contributed by atoms with Gasteiger partial charge in [-0.2, -0.15) is 0 Å². The molecular weight excluding hydrogens is 172 g/mol. The van der Waals surface area contributed by atoms with Crippen LogP contribution in [0.5, 0.6) is 0 Å². The topological polar surface area (TPSA) is 24.1 Å². The molecule has 1 saturated heterocycles. The van der Waals surface area contributed by atoms with E-state index in [1.807, 2.05) is 0 Å². The van der Waals surface area contributed by atoms with Gasteiger partial charge in [0.2, 0.25) is 0 Å². The Morgan fingerprint density at radius 2 is 1.79 bits per heavy atom. The molecule has 0 aromatic carbocycles. The van der Waals surface area contributed by atoms with Gasteiger partial charge in [0, 0.05) is 13.1 Å². The predicted octanol–water partition coefficient (Wildman–Crippen LogP) is 2.50. The van der Waals surface area contributed by atoms with Crippen LogP contribution >= 0.6 is 0 Å². The lowest BCUT2D eigenvalue weighted by Crippen LogP contribution is -2.38. The molecule has 0 bridgehead atoms. The van der Waals surface area contributed by atoms with Crippen LogP contribution in [0.2, 0.25) is 0 Å². The molecule has 0 spiro atoms. The maximum absolute atomic E-state index is 3.54. The highest BCUT2D eigenvalue weighted by Gasteiger charge is 2.21. The highest BCUT2D eigenvalue weighted by molar-refractivity contribution is 4.79. The van der Waals surface area contributed by atoms with E-state index in [2.05, 4.69) is 24.5 Å². The monoisotopic (exact) mass is 198 g/mol. The molecule has 1 fully saturated rings. The molecule has 84 valence electrons. The fourth-order valence-electron chi connectivity index (χ4n) is 2.30. The molecule has 0 saturated carbocycles. The van der Waals surface area contributed by atoms with Gasteiger partial charge >= 0.3 is 0 Å². The van der Waals surface area contributed by atoms with Gasteiger partial charge < -0.3 is 10.6 Å². The van der Waals surface area contributed by atoms with Crippen LogP contribution in [0.15, 0.2) is 0 Å². The zero-order chi connectivity index (χ0) is 10.2. The molecule has 2 heteroatoms. The number of hydrogen-bond donors (Lipinski definition) is 2. The van der Waals surface area contributed by atoms with E-state index in [9.17, 15) is 0 Å². The Balaban J connectivity index is 2.11. The average Bonchev–Trinajstić information content (AvgIpc) is 2.71. The zero-order valence-corrected chi connectivity index (χ0v) is 9.81. The largest absolute Gasteiger partial charge is 0.300 e. The Hall–Kier alpha value is -0.0800. The first-order valence-electron chi connectivity index (χ1n) is 6.35. The van der Waals surface area contributed by atoms with Crippen molar-refractivity contribution >= 4 is 0 Å². The second-order valence-corrected chi connectivity index (χ2v) is 4.40. The van der Waals surface area contributed by atoms with Crippen LogP contribution in [0.3, 0.4) is 0 Å². The maximum Gasteiger partial charge on any atom is 0.0601 e. The van der Waals surface area contributed by atoms with E-state index in [0.29, 0.717) is 6.17 Å². The van der Waals surface area contributed by atoms with E-state index in [0.717, 1.165) is 19.0 Å². The predicted molar refractivity (Wildman–Crippen MR) is 62.3 cm³/mol. The summed E-state index contributed by atoms with van der Waals surface area (Å²) in [5, 5.41) is 7.07. The Kier molecular flexibility index (Phi) is 6.20. The van der Waals surface area contributed by atoms with E-state index >= 15 is 0 Å². The van der Waals surface area contributed by atoms with Crippen LogP contribution in [-0.2, 0) is 0 Å². The van der Waals surface area contributed by atoms with Crippen molar-refractivity contribution in [3.05, 3.63) is 0 Å². The van der Waals surface area contributed by atoms with Gasteiger partial charge in [-0.05, 0) is 12.3 Å². The molecule has 1 heterocycles. The van der Waals surface area contributed by atoms with Crippen LogP contribution in [-0.4, -0.2) is 19.3 Å². The molecule has 14 heavy (non-hydrogen) atoms. The Labute approximate surface area is 88.8 Å². The van der Waals surface area contributed by atoms with Gasteiger partial charge in [-0.3, -0.25) is 0 Å². The smallest absolute Gasteiger partial charge is 0.0601 e. The Morgan fingerprint density at radius 1 is 1.07 bits per heavy atom. The van der Waals surface area contributed by atoms with Gasteiger partial charge in [-0.15, -0.1) is 0 Å². The summed E-state index contributed by atoms with van der Waals surface area (Å²) in [6, 6.07) is 0. The molecule has 0 aliphatic carbocycles. The molecule has 0 aromatic heterocycles. The van der Waals surface area contributed by atoms with E-state index in [4.69, 9.17) is 0 Å². The highest BCUT2D eigenvalue weighted by atomic mass is 15.2.